The number of benzene rings is 2. The fourth-order valence-electron chi connectivity index (χ4n) is 1.47. The molecule has 0 saturated heterocycles. The molecule has 2 rings (SSSR count). The molecular weight excluding hydrogens is 280 g/mol. The van der Waals surface area contributed by atoms with Gasteiger partial charge in [0, 0.05) is 0 Å². The lowest BCUT2D eigenvalue weighted by molar-refractivity contribution is 0.0681. The molecule has 4 heteroatoms. The summed E-state index contributed by atoms with van der Waals surface area (Å²) in [6.45, 7) is 8.16. The van der Waals surface area contributed by atoms with Crippen molar-refractivity contribution < 1.29 is 19.8 Å². The van der Waals surface area contributed by atoms with Crippen LogP contribution in [0, 0.1) is 0 Å². The van der Waals surface area contributed by atoms with Gasteiger partial charge in [0.05, 0.1) is 11.1 Å². The van der Waals surface area contributed by atoms with Gasteiger partial charge in [0.2, 0.25) is 0 Å². The van der Waals surface area contributed by atoms with Crippen LogP contribution in [0.5, 0.6) is 0 Å². The first-order chi connectivity index (χ1) is 10.5. The Morgan fingerprint density at radius 1 is 0.818 bits per heavy atom. The Balaban J connectivity index is 0.000000382. The summed E-state index contributed by atoms with van der Waals surface area (Å²) in [5.74, 6) is -2.13. The van der Waals surface area contributed by atoms with Gasteiger partial charge in [0.1, 0.15) is 0 Å². The molecule has 2 N–H and O–H groups in total. The van der Waals surface area contributed by atoms with Gasteiger partial charge in [-0.15, -0.1) is 13.2 Å². The molecule has 0 saturated carbocycles. The van der Waals surface area contributed by atoms with Gasteiger partial charge in [-0.3, -0.25) is 0 Å². The van der Waals surface area contributed by atoms with E-state index in [-0.39, 0.29) is 11.1 Å². The molecule has 0 aliphatic heterocycles. The minimum Gasteiger partial charge on any atom is -0.478 e. The molecule has 0 aliphatic rings. The number of aromatic carboxylic acids is 2. The maximum atomic E-state index is 10.3. The smallest absolute Gasteiger partial charge is 0.335 e. The Labute approximate surface area is 130 Å². The zero-order valence-electron chi connectivity index (χ0n) is 12.5. The number of carbonyl (C=O) groups is 2. The van der Waals surface area contributed by atoms with E-state index in [4.69, 9.17) is 10.2 Å². The molecule has 4 nitrogen and oxygen atoms in total. The van der Waals surface area contributed by atoms with Crippen molar-refractivity contribution in [2.75, 3.05) is 0 Å². The quantitative estimate of drug-likeness (QED) is 0.836. The van der Waals surface area contributed by atoms with Crippen molar-refractivity contribution in [2.24, 2.45) is 0 Å². The van der Waals surface area contributed by atoms with Crippen LogP contribution >= 0.6 is 0 Å². The average molecular weight is 300 g/mol. The second-order valence-corrected chi connectivity index (χ2v) is 4.03. The van der Waals surface area contributed by atoms with Gasteiger partial charge in [0.25, 0.3) is 0 Å². The lowest BCUT2D eigenvalue weighted by atomic mass is 10.1. The van der Waals surface area contributed by atoms with Gasteiger partial charge < -0.3 is 10.2 Å². The van der Waals surface area contributed by atoms with Crippen LogP contribution in [0.3, 0.4) is 0 Å². The maximum absolute atomic E-state index is 10.3. The summed E-state index contributed by atoms with van der Waals surface area (Å²) < 4.78 is 0. The first-order valence-corrected chi connectivity index (χ1v) is 6.65. The lowest BCUT2D eigenvalue weighted by Crippen LogP contribution is -1.99. The summed E-state index contributed by atoms with van der Waals surface area (Å²) >= 11 is 0. The summed E-state index contributed by atoms with van der Waals surface area (Å²) in [7, 11) is 0. The highest BCUT2D eigenvalue weighted by atomic mass is 16.4. The topological polar surface area (TPSA) is 74.6 Å². The number of carboxylic acid groups (broad SMARTS) is 2. The van der Waals surface area contributed by atoms with Crippen LogP contribution in [0.15, 0.2) is 67.8 Å². The molecule has 2 aromatic carbocycles. The summed E-state index contributed by atoms with van der Waals surface area (Å²) in [5, 5.41) is 16.9. The summed E-state index contributed by atoms with van der Waals surface area (Å²) in [4.78, 5) is 20.7. The molecule has 116 valence electrons. The minimum absolute atomic E-state index is 0.0833. The fourth-order valence-corrected chi connectivity index (χ4v) is 1.47. The molecule has 0 fully saturated rings. The van der Waals surface area contributed by atoms with Gasteiger partial charge in [-0.2, -0.15) is 0 Å². The molecule has 22 heavy (non-hydrogen) atoms. The van der Waals surface area contributed by atoms with Crippen LogP contribution in [0.1, 0.15) is 33.2 Å². The van der Waals surface area contributed by atoms with Crippen LogP contribution in [0.4, 0.5) is 0 Å². The van der Waals surface area contributed by atoms with E-state index in [1.165, 1.54) is 29.8 Å². The maximum Gasteiger partial charge on any atom is 0.335 e. The number of hydrogen-bond donors (Lipinski definition) is 2. The second-order valence-electron chi connectivity index (χ2n) is 4.03. The van der Waals surface area contributed by atoms with E-state index in [0.29, 0.717) is 0 Å². The van der Waals surface area contributed by atoms with E-state index in [1.54, 1.807) is 0 Å². The zero-order valence-corrected chi connectivity index (χ0v) is 12.5. The standard InChI is InChI=1S/C8H6O4.C8H10.C2H4/c9-7(10)5-1-2-6(4-3-5)8(11)12;1-2-8-6-4-3-5-7-8;1-2/h1-4H,(H,9,10)(H,11,12);3-7H,2H2,1H3;1-2H2. The zero-order chi connectivity index (χ0) is 17.0. The summed E-state index contributed by atoms with van der Waals surface area (Å²) in [5.41, 5.74) is 1.58. The molecule has 0 aromatic heterocycles. The third-order valence-corrected chi connectivity index (χ3v) is 2.63. The number of aryl methyl sites for hydroxylation is 1. The summed E-state index contributed by atoms with van der Waals surface area (Å²) in [6.07, 6.45) is 1.14. The molecule has 0 radical (unpaired) electrons. The highest BCUT2D eigenvalue weighted by Crippen LogP contribution is 2.03. The normalized spacial score (nSPS) is 8.59. The first kappa shape index (κ1) is 19.1. The van der Waals surface area contributed by atoms with Crippen LogP contribution < -0.4 is 0 Å². The van der Waals surface area contributed by atoms with Gasteiger partial charge in [0.15, 0.2) is 0 Å². The molecule has 0 bridgehead atoms. The highest BCUT2D eigenvalue weighted by Gasteiger charge is 2.04. The Bertz CT molecular complexity index is 541. The average Bonchev–Trinajstić information content (AvgIpc) is 2.58. The van der Waals surface area contributed by atoms with Crippen molar-refractivity contribution in [3.8, 4) is 0 Å². The van der Waals surface area contributed by atoms with E-state index in [1.807, 2.05) is 6.07 Å². The molecular formula is C18H20O4. The van der Waals surface area contributed by atoms with Gasteiger partial charge in [-0.25, -0.2) is 9.59 Å². The van der Waals surface area contributed by atoms with Gasteiger partial charge in [-0.1, -0.05) is 37.3 Å². The van der Waals surface area contributed by atoms with E-state index in [2.05, 4.69) is 44.3 Å². The molecule has 0 amide bonds. The Morgan fingerprint density at radius 2 is 1.18 bits per heavy atom. The molecule has 0 aliphatic carbocycles. The third-order valence-electron chi connectivity index (χ3n) is 2.63. The van der Waals surface area contributed by atoms with Crippen LogP contribution in [0.25, 0.3) is 0 Å². The Hall–Kier alpha value is -2.88. The monoisotopic (exact) mass is 300 g/mol. The largest absolute Gasteiger partial charge is 0.478 e. The van der Waals surface area contributed by atoms with E-state index >= 15 is 0 Å². The first-order valence-electron chi connectivity index (χ1n) is 6.65. The van der Waals surface area contributed by atoms with Gasteiger partial charge in [-0.05, 0) is 36.2 Å². The number of hydrogen-bond acceptors (Lipinski definition) is 2. The number of carboxylic acids is 2. The SMILES string of the molecule is C=C.CCc1ccccc1.O=C(O)c1ccc(C(=O)O)cc1. The third kappa shape index (κ3) is 7.05. The lowest BCUT2D eigenvalue weighted by Gasteiger charge is -1.94. The van der Waals surface area contributed by atoms with Crippen molar-refractivity contribution in [3.05, 3.63) is 84.4 Å². The van der Waals surface area contributed by atoms with E-state index < -0.39 is 11.9 Å². The van der Waals surface area contributed by atoms with Crippen molar-refractivity contribution in [1.29, 1.82) is 0 Å². The molecule has 0 unspecified atom stereocenters. The Morgan fingerprint density at radius 3 is 1.41 bits per heavy atom. The molecule has 0 atom stereocenters. The van der Waals surface area contributed by atoms with E-state index in [0.717, 1.165) is 6.42 Å². The van der Waals surface area contributed by atoms with Crippen molar-refractivity contribution in [2.45, 2.75) is 13.3 Å². The van der Waals surface area contributed by atoms with Crippen molar-refractivity contribution in [1.82, 2.24) is 0 Å². The predicted octanol–water partition coefficient (Wildman–Crippen LogP) is 4.13. The van der Waals surface area contributed by atoms with Crippen LogP contribution in [-0.4, -0.2) is 22.2 Å². The highest BCUT2D eigenvalue weighted by molar-refractivity contribution is 5.91. The summed E-state index contributed by atoms with van der Waals surface area (Å²) in [6, 6.07) is 15.5. The van der Waals surface area contributed by atoms with E-state index in [9.17, 15) is 9.59 Å². The number of rotatable bonds is 3. The van der Waals surface area contributed by atoms with Crippen molar-refractivity contribution >= 4 is 11.9 Å². The minimum atomic E-state index is -1.06. The Kier molecular flexibility index (Phi) is 9.43. The van der Waals surface area contributed by atoms with Gasteiger partial charge >= 0.3 is 11.9 Å². The van der Waals surface area contributed by atoms with Crippen molar-refractivity contribution in [3.63, 3.8) is 0 Å². The predicted molar refractivity (Wildman–Crippen MR) is 87.4 cm³/mol. The molecule has 0 spiro atoms. The fraction of sp³-hybridized carbons (Fsp3) is 0.111. The second kappa shape index (κ2) is 10.9. The van der Waals surface area contributed by atoms with Crippen LogP contribution in [-0.2, 0) is 6.42 Å². The molecule has 2 aromatic rings. The molecule has 0 heterocycles. The van der Waals surface area contributed by atoms with Crippen LogP contribution in [0.2, 0.25) is 0 Å².